The third kappa shape index (κ3) is 4.48. The van der Waals surface area contributed by atoms with E-state index in [2.05, 4.69) is 17.4 Å². The molecule has 114 valence electrons. The summed E-state index contributed by atoms with van der Waals surface area (Å²) >= 11 is 0. The van der Waals surface area contributed by atoms with Gasteiger partial charge in [-0.1, -0.05) is 30.3 Å². The monoisotopic (exact) mass is 290 g/mol. The molecule has 0 aliphatic carbocycles. The summed E-state index contributed by atoms with van der Waals surface area (Å²) < 4.78 is 0. The number of aliphatic carboxylic acids is 1. The predicted octanol–water partition coefficient (Wildman–Crippen LogP) is 2.27. The van der Waals surface area contributed by atoms with Gasteiger partial charge < -0.3 is 15.3 Å². The lowest BCUT2D eigenvalue weighted by atomic mass is 10.0. The summed E-state index contributed by atoms with van der Waals surface area (Å²) in [4.78, 5) is 24.7. The molecular formula is C16H22N2O3. The number of nitrogens with zero attached hydrogens (tertiary/aromatic N) is 1. The van der Waals surface area contributed by atoms with Crippen LogP contribution in [0, 0.1) is 0 Å². The molecule has 1 heterocycles. The number of aryl methyl sites for hydroxylation is 1. The van der Waals surface area contributed by atoms with Gasteiger partial charge in [0.1, 0.15) is 6.04 Å². The number of benzene rings is 1. The van der Waals surface area contributed by atoms with Crippen molar-refractivity contribution in [3.8, 4) is 0 Å². The van der Waals surface area contributed by atoms with Crippen LogP contribution < -0.4 is 5.32 Å². The third-order valence-corrected chi connectivity index (χ3v) is 3.81. The minimum Gasteiger partial charge on any atom is -0.480 e. The second kappa shape index (κ2) is 7.67. The Bertz CT molecular complexity index is 476. The average molecular weight is 290 g/mol. The Kier molecular flexibility index (Phi) is 5.60. The van der Waals surface area contributed by atoms with Crippen molar-refractivity contribution in [2.75, 3.05) is 13.1 Å². The normalized spacial score (nSPS) is 18.3. The van der Waals surface area contributed by atoms with Gasteiger partial charge in [0.25, 0.3) is 0 Å². The fourth-order valence-corrected chi connectivity index (χ4v) is 2.67. The van der Waals surface area contributed by atoms with E-state index in [0.29, 0.717) is 19.5 Å². The van der Waals surface area contributed by atoms with E-state index >= 15 is 0 Å². The number of piperidine rings is 1. The third-order valence-electron chi connectivity index (χ3n) is 3.81. The molecule has 1 atom stereocenters. The van der Waals surface area contributed by atoms with E-state index in [1.165, 1.54) is 10.5 Å². The van der Waals surface area contributed by atoms with Gasteiger partial charge in [0, 0.05) is 13.1 Å². The highest BCUT2D eigenvalue weighted by Gasteiger charge is 2.31. The van der Waals surface area contributed by atoms with Crippen molar-refractivity contribution >= 4 is 12.0 Å². The first-order valence-corrected chi connectivity index (χ1v) is 7.49. The number of likely N-dealkylation sites (tertiary alicyclic amines) is 1. The standard InChI is InChI=1S/C16H22N2O3/c19-15(20)14-10-4-5-12-18(14)16(21)17-11-6-9-13-7-2-1-3-8-13/h1-3,7-8,14H,4-6,9-12H2,(H,17,21)(H,19,20). The van der Waals surface area contributed by atoms with Gasteiger partial charge in [-0.15, -0.1) is 0 Å². The lowest BCUT2D eigenvalue weighted by molar-refractivity contribution is -0.143. The topological polar surface area (TPSA) is 69.6 Å². The molecule has 0 saturated carbocycles. The fourth-order valence-electron chi connectivity index (χ4n) is 2.67. The SMILES string of the molecule is O=C(O)C1CCCCN1C(=O)NCCCc1ccccc1. The van der Waals surface area contributed by atoms with E-state index in [9.17, 15) is 9.59 Å². The molecule has 1 unspecified atom stereocenters. The summed E-state index contributed by atoms with van der Waals surface area (Å²) in [6, 6.07) is 9.18. The van der Waals surface area contributed by atoms with Crippen molar-refractivity contribution < 1.29 is 14.7 Å². The van der Waals surface area contributed by atoms with Crippen molar-refractivity contribution in [3.05, 3.63) is 35.9 Å². The lowest BCUT2D eigenvalue weighted by Gasteiger charge is -2.32. The van der Waals surface area contributed by atoms with Crippen LogP contribution in [0.3, 0.4) is 0 Å². The zero-order valence-corrected chi connectivity index (χ0v) is 12.1. The highest BCUT2D eigenvalue weighted by Crippen LogP contribution is 2.17. The lowest BCUT2D eigenvalue weighted by Crippen LogP contribution is -2.52. The molecule has 0 spiro atoms. The Morgan fingerprint density at radius 3 is 2.71 bits per heavy atom. The molecule has 1 aromatic rings. The van der Waals surface area contributed by atoms with E-state index in [0.717, 1.165) is 25.7 Å². The molecule has 1 aromatic carbocycles. The number of hydrogen-bond donors (Lipinski definition) is 2. The molecule has 1 saturated heterocycles. The zero-order valence-electron chi connectivity index (χ0n) is 12.1. The number of carboxylic acid groups (broad SMARTS) is 1. The average Bonchev–Trinajstić information content (AvgIpc) is 2.52. The molecule has 21 heavy (non-hydrogen) atoms. The quantitative estimate of drug-likeness (QED) is 0.817. The predicted molar refractivity (Wildman–Crippen MR) is 80.1 cm³/mol. The van der Waals surface area contributed by atoms with Crippen LogP contribution in [0.5, 0.6) is 0 Å². The number of rotatable bonds is 5. The highest BCUT2D eigenvalue weighted by atomic mass is 16.4. The number of carbonyl (C=O) groups excluding carboxylic acids is 1. The Hall–Kier alpha value is -2.04. The number of amides is 2. The van der Waals surface area contributed by atoms with E-state index < -0.39 is 12.0 Å². The van der Waals surface area contributed by atoms with Crippen LogP contribution in [0.25, 0.3) is 0 Å². The Morgan fingerprint density at radius 1 is 1.24 bits per heavy atom. The second-order valence-corrected chi connectivity index (χ2v) is 5.36. The van der Waals surface area contributed by atoms with Crippen molar-refractivity contribution in [2.45, 2.75) is 38.1 Å². The minimum atomic E-state index is -0.908. The molecule has 1 aliphatic rings. The number of nitrogens with one attached hydrogen (secondary N) is 1. The van der Waals surface area contributed by atoms with E-state index in [1.807, 2.05) is 18.2 Å². The summed E-state index contributed by atoms with van der Waals surface area (Å²) in [5, 5.41) is 12.0. The first kappa shape index (κ1) is 15.4. The van der Waals surface area contributed by atoms with Crippen molar-refractivity contribution in [3.63, 3.8) is 0 Å². The summed E-state index contributed by atoms with van der Waals surface area (Å²) in [6.45, 7) is 1.10. The van der Waals surface area contributed by atoms with Crippen molar-refractivity contribution in [1.82, 2.24) is 10.2 Å². The van der Waals surface area contributed by atoms with Gasteiger partial charge >= 0.3 is 12.0 Å². The fraction of sp³-hybridized carbons (Fsp3) is 0.500. The molecule has 2 amide bonds. The van der Waals surface area contributed by atoms with Crippen LogP contribution in [-0.4, -0.2) is 41.1 Å². The summed E-state index contributed by atoms with van der Waals surface area (Å²) in [7, 11) is 0. The Morgan fingerprint density at radius 2 is 2.00 bits per heavy atom. The number of urea groups is 1. The van der Waals surface area contributed by atoms with Crippen LogP contribution in [0.1, 0.15) is 31.2 Å². The summed E-state index contributed by atoms with van der Waals surface area (Å²) in [5.74, 6) is -0.908. The van der Waals surface area contributed by atoms with Crippen LogP contribution >= 0.6 is 0 Å². The first-order valence-electron chi connectivity index (χ1n) is 7.49. The van der Waals surface area contributed by atoms with Gasteiger partial charge in [0.2, 0.25) is 0 Å². The van der Waals surface area contributed by atoms with Crippen LogP contribution in [-0.2, 0) is 11.2 Å². The Balaban J connectivity index is 1.74. The molecule has 0 radical (unpaired) electrons. The molecule has 0 aromatic heterocycles. The molecule has 0 bridgehead atoms. The van der Waals surface area contributed by atoms with Crippen LogP contribution in [0.15, 0.2) is 30.3 Å². The van der Waals surface area contributed by atoms with Gasteiger partial charge in [-0.3, -0.25) is 0 Å². The van der Waals surface area contributed by atoms with Gasteiger partial charge in [-0.25, -0.2) is 9.59 Å². The molecule has 1 fully saturated rings. The summed E-state index contributed by atoms with van der Waals surface area (Å²) in [5.41, 5.74) is 1.24. The van der Waals surface area contributed by atoms with Crippen LogP contribution in [0.4, 0.5) is 4.79 Å². The van der Waals surface area contributed by atoms with E-state index in [-0.39, 0.29) is 6.03 Å². The molecule has 2 N–H and O–H groups in total. The maximum Gasteiger partial charge on any atom is 0.326 e. The molecule has 5 nitrogen and oxygen atoms in total. The first-order chi connectivity index (χ1) is 10.2. The summed E-state index contributed by atoms with van der Waals surface area (Å²) in [6.07, 6.45) is 4.05. The van der Waals surface area contributed by atoms with Crippen LogP contribution in [0.2, 0.25) is 0 Å². The van der Waals surface area contributed by atoms with Gasteiger partial charge in [-0.2, -0.15) is 0 Å². The number of carboxylic acids is 1. The second-order valence-electron chi connectivity index (χ2n) is 5.36. The number of hydrogen-bond acceptors (Lipinski definition) is 2. The van der Waals surface area contributed by atoms with Gasteiger partial charge in [0.15, 0.2) is 0 Å². The molecular weight excluding hydrogens is 268 g/mol. The van der Waals surface area contributed by atoms with Crippen molar-refractivity contribution in [2.24, 2.45) is 0 Å². The van der Waals surface area contributed by atoms with E-state index in [1.54, 1.807) is 0 Å². The zero-order chi connectivity index (χ0) is 15.1. The van der Waals surface area contributed by atoms with Gasteiger partial charge in [-0.05, 0) is 37.7 Å². The van der Waals surface area contributed by atoms with Crippen molar-refractivity contribution in [1.29, 1.82) is 0 Å². The smallest absolute Gasteiger partial charge is 0.326 e. The maximum atomic E-state index is 12.1. The Labute approximate surface area is 125 Å². The largest absolute Gasteiger partial charge is 0.480 e. The molecule has 1 aliphatic heterocycles. The number of carbonyl (C=O) groups is 2. The minimum absolute atomic E-state index is 0.254. The molecule has 5 heteroatoms. The van der Waals surface area contributed by atoms with Gasteiger partial charge in [0.05, 0.1) is 0 Å². The highest BCUT2D eigenvalue weighted by molar-refractivity contribution is 5.82. The maximum absolute atomic E-state index is 12.1. The molecule has 2 rings (SSSR count). The van der Waals surface area contributed by atoms with E-state index in [4.69, 9.17) is 5.11 Å².